The molecule has 0 N–H and O–H groups in total. The summed E-state index contributed by atoms with van der Waals surface area (Å²) < 4.78 is 8.98. The molecule has 0 aliphatic heterocycles. The maximum atomic E-state index is 10.8. The van der Waals surface area contributed by atoms with E-state index in [9.17, 15) is 9.59 Å². The molecule has 0 aromatic heterocycles. The number of methoxy groups -OCH3 is 2. The van der Waals surface area contributed by atoms with E-state index in [-0.39, 0.29) is 24.3 Å². The summed E-state index contributed by atoms with van der Waals surface area (Å²) in [7, 11) is 4.56. The third kappa shape index (κ3) is 9.49. The second-order valence-corrected chi connectivity index (χ2v) is 2.96. The van der Waals surface area contributed by atoms with Gasteiger partial charge in [0.2, 0.25) is 0 Å². The molecule has 6 heteroatoms. The standard InChI is InChI=1S/C9H17NO4.ClH/c1-10(6-4-8(11)13-2)7-5-9(12)14-3;/h4-7H2,1-3H3;1H/p-1. The van der Waals surface area contributed by atoms with Crippen LogP contribution in [0.15, 0.2) is 0 Å². The van der Waals surface area contributed by atoms with Crippen LogP contribution in [0.3, 0.4) is 0 Å². The van der Waals surface area contributed by atoms with Gasteiger partial charge < -0.3 is 26.8 Å². The average molecular weight is 239 g/mol. The molecule has 0 atom stereocenters. The van der Waals surface area contributed by atoms with Crippen molar-refractivity contribution in [2.75, 3.05) is 34.4 Å². The molecule has 90 valence electrons. The van der Waals surface area contributed by atoms with Crippen molar-refractivity contribution in [2.24, 2.45) is 0 Å². The Kier molecular flexibility index (Phi) is 10.8. The van der Waals surface area contributed by atoms with Crippen LogP contribution in [0.5, 0.6) is 0 Å². The second kappa shape index (κ2) is 9.73. The first-order valence-corrected chi connectivity index (χ1v) is 4.42. The van der Waals surface area contributed by atoms with Crippen molar-refractivity contribution in [3.63, 3.8) is 0 Å². The average Bonchev–Trinajstić information content (AvgIpc) is 2.22. The largest absolute Gasteiger partial charge is 1.00 e. The molecule has 0 radical (unpaired) electrons. The molecule has 0 fully saturated rings. The van der Waals surface area contributed by atoms with Crippen molar-refractivity contribution in [2.45, 2.75) is 12.8 Å². The van der Waals surface area contributed by atoms with Crippen LogP contribution in [0.25, 0.3) is 0 Å². The minimum atomic E-state index is -0.241. The summed E-state index contributed by atoms with van der Waals surface area (Å²) in [6.45, 7) is 1.17. The highest BCUT2D eigenvalue weighted by Gasteiger charge is 2.06. The molecule has 0 aliphatic rings. The summed E-state index contributed by atoms with van der Waals surface area (Å²) in [4.78, 5) is 23.4. The second-order valence-electron chi connectivity index (χ2n) is 2.96. The van der Waals surface area contributed by atoms with Gasteiger partial charge in [-0.1, -0.05) is 0 Å². The quantitative estimate of drug-likeness (QED) is 0.463. The van der Waals surface area contributed by atoms with Crippen LogP contribution >= 0.6 is 0 Å². The Morgan fingerprint density at radius 3 is 1.60 bits per heavy atom. The SMILES string of the molecule is COC(=O)CCN(C)CCC(=O)OC.[Cl-]. The van der Waals surface area contributed by atoms with Gasteiger partial charge >= 0.3 is 11.9 Å². The maximum Gasteiger partial charge on any atom is 0.306 e. The van der Waals surface area contributed by atoms with E-state index in [1.165, 1.54) is 14.2 Å². The molecule has 0 heterocycles. The molecule has 0 spiro atoms. The van der Waals surface area contributed by atoms with Gasteiger partial charge in [0.25, 0.3) is 0 Å². The number of halogens is 1. The minimum absolute atomic E-state index is 0. The number of hydrogen-bond acceptors (Lipinski definition) is 5. The van der Waals surface area contributed by atoms with E-state index in [4.69, 9.17) is 0 Å². The maximum absolute atomic E-state index is 10.8. The van der Waals surface area contributed by atoms with Gasteiger partial charge in [-0.2, -0.15) is 0 Å². The molecular formula is C9H17ClNO4-. The van der Waals surface area contributed by atoms with Crippen LogP contribution in [0.2, 0.25) is 0 Å². The summed E-state index contributed by atoms with van der Waals surface area (Å²) in [5, 5.41) is 0. The summed E-state index contributed by atoms with van der Waals surface area (Å²) >= 11 is 0. The van der Waals surface area contributed by atoms with E-state index >= 15 is 0 Å². The zero-order valence-corrected chi connectivity index (χ0v) is 10.0. The van der Waals surface area contributed by atoms with Crippen LogP contribution in [-0.2, 0) is 19.1 Å². The molecular weight excluding hydrogens is 222 g/mol. The first-order chi connectivity index (χ1) is 6.60. The Bertz CT molecular complexity index is 179. The monoisotopic (exact) mass is 238 g/mol. The molecule has 0 saturated carbocycles. The van der Waals surface area contributed by atoms with Gasteiger partial charge in [0.15, 0.2) is 0 Å². The van der Waals surface area contributed by atoms with Gasteiger partial charge in [-0.15, -0.1) is 0 Å². The molecule has 0 unspecified atom stereocenters. The van der Waals surface area contributed by atoms with Crippen molar-refractivity contribution in [1.82, 2.24) is 4.90 Å². The van der Waals surface area contributed by atoms with E-state index in [0.29, 0.717) is 25.9 Å². The van der Waals surface area contributed by atoms with Gasteiger partial charge in [-0.25, -0.2) is 0 Å². The number of hydrogen-bond donors (Lipinski definition) is 0. The molecule has 5 nitrogen and oxygen atoms in total. The summed E-state index contributed by atoms with van der Waals surface area (Å²) in [5.41, 5.74) is 0. The van der Waals surface area contributed by atoms with Crippen molar-refractivity contribution in [1.29, 1.82) is 0 Å². The van der Waals surface area contributed by atoms with Crippen LogP contribution in [0, 0.1) is 0 Å². The first-order valence-electron chi connectivity index (χ1n) is 4.42. The normalized spacial score (nSPS) is 9.33. The minimum Gasteiger partial charge on any atom is -1.00 e. The smallest absolute Gasteiger partial charge is 0.306 e. The highest BCUT2D eigenvalue weighted by atomic mass is 35.5. The van der Waals surface area contributed by atoms with Crippen LogP contribution in [0.4, 0.5) is 0 Å². The Morgan fingerprint density at radius 1 is 1.00 bits per heavy atom. The molecule has 0 amide bonds. The highest BCUT2D eigenvalue weighted by Crippen LogP contribution is 1.93. The lowest BCUT2D eigenvalue weighted by molar-refractivity contribution is -0.140. The first kappa shape index (κ1) is 16.6. The van der Waals surface area contributed by atoms with Crippen molar-refractivity contribution in [3.05, 3.63) is 0 Å². The van der Waals surface area contributed by atoms with Crippen LogP contribution in [0.1, 0.15) is 12.8 Å². The predicted molar refractivity (Wildman–Crippen MR) is 50.8 cm³/mol. The molecule has 0 aliphatic carbocycles. The van der Waals surface area contributed by atoms with E-state index in [1.807, 2.05) is 11.9 Å². The van der Waals surface area contributed by atoms with Gasteiger partial charge in [-0.3, -0.25) is 9.59 Å². The zero-order valence-electron chi connectivity index (χ0n) is 9.29. The zero-order chi connectivity index (χ0) is 11.0. The Balaban J connectivity index is 0. The molecule has 15 heavy (non-hydrogen) atoms. The number of nitrogens with zero attached hydrogens (tertiary/aromatic N) is 1. The predicted octanol–water partition coefficient (Wildman–Crippen LogP) is -2.95. The third-order valence-electron chi connectivity index (χ3n) is 1.85. The topological polar surface area (TPSA) is 55.8 Å². The summed E-state index contributed by atoms with van der Waals surface area (Å²) in [6, 6.07) is 0. The number of ether oxygens (including phenoxy) is 2. The van der Waals surface area contributed by atoms with Gasteiger partial charge in [-0.05, 0) is 7.05 Å². The number of rotatable bonds is 6. The summed E-state index contributed by atoms with van der Waals surface area (Å²) in [6.07, 6.45) is 0.683. The van der Waals surface area contributed by atoms with Crippen LogP contribution in [-0.4, -0.2) is 51.2 Å². The Labute approximate surface area is 96.1 Å². The molecule has 0 rings (SSSR count). The van der Waals surface area contributed by atoms with Gasteiger partial charge in [0.05, 0.1) is 27.1 Å². The molecule has 0 aromatic carbocycles. The third-order valence-corrected chi connectivity index (χ3v) is 1.85. The van der Waals surface area contributed by atoms with Crippen molar-refractivity contribution < 1.29 is 31.5 Å². The highest BCUT2D eigenvalue weighted by molar-refractivity contribution is 5.70. The summed E-state index contributed by atoms with van der Waals surface area (Å²) in [5.74, 6) is -0.482. The van der Waals surface area contributed by atoms with Gasteiger partial charge in [0.1, 0.15) is 0 Å². The van der Waals surface area contributed by atoms with Crippen LogP contribution < -0.4 is 12.4 Å². The lowest BCUT2D eigenvalue weighted by Gasteiger charge is -2.14. The molecule has 0 saturated heterocycles. The molecule has 0 bridgehead atoms. The fourth-order valence-electron chi connectivity index (χ4n) is 0.880. The number of carbonyl (C=O) groups excluding carboxylic acids is 2. The number of carbonyl (C=O) groups is 2. The fourth-order valence-corrected chi connectivity index (χ4v) is 0.880. The number of esters is 2. The van der Waals surface area contributed by atoms with Crippen molar-refractivity contribution >= 4 is 11.9 Å². The molecule has 0 aromatic rings. The Hall–Kier alpha value is -0.810. The van der Waals surface area contributed by atoms with E-state index in [0.717, 1.165) is 0 Å². The van der Waals surface area contributed by atoms with Gasteiger partial charge in [0, 0.05) is 13.1 Å². The van der Waals surface area contributed by atoms with E-state index in [2.05, 4.69) is 9.47 Å². The van der Waals surface area contributed by atoms with Crippen molar-refractivity contribution in [3.8, 4) is 0 Å². The fraction of sp³-hybridized carbons (Fsp3) is 0.778. The lowest BCUT2D eigenvalue weighted by Crippen LogP contribution is -3.00. The lowest BCUT2D eigenvalue weighted by atomic mass is 10.3. The Morgan fingerprint density at radius 2 is 1.33 bits per heavy atom. The van der Waals surface area contributed by atoms with E-state index < -0.39 is 0 Å². The van der Waals surface area contributed by atoms with E-state index in [1.54, 1.807) is 0 Å².